The Morgan fingerprint density at radius 1 is 1.00 bits per heavy atom. The molecule has 0 radical (unpaired) electrons. The van der Waals surface area contributed by atoms with Gasteiger partial charge in [0, 0.05) is 18.4 Å². The lowest BCUT2D eigenvalue weighted by Gasteiger charge is -2.28. The molecule has 1 atom stereocenters. The van der Waals surface area contributed by atoms with E-state index >= 15 is 0 Å². The quantitative estimate of drug-likeness (QED) is 0.728. The number of hydrogen-bond donors (Lipinski definition) is 0. The molecule has 102 valence electrons. The Morgan fingerprint density at radius 3 is 2.25 bits per heavy atom. The summed E-state index contributed by atoms with van der Waals surface area (Å²) < 4.78 is 0. The van der Waals surface area contributed by atoms with Crippen LogP contribution in [-0.2, 0) is 5.41 Å². The van der Waals surface area contributed by atoms with E-state index in [4.69, 9.17) is 0 Å². The van der Waals surface area contributed by atoms with E-state index in [2.05, 4.69) is 81.8 Å². The second-order valence-corrected chi connectivity index (χ2v) is 5.95. The summed E-state index contributed by atoms with van der Waals surface area (Å²) >= 11 is 0. The van der Waals surface area contributed by atoms with Crippen molar-refractivity contribution in [3.8, 4) is 0 Å². The van der Waals surface area contributed by atoms with Crippen molar-refractivity contribution in [3.05, 3.63) is 77.0 Å². The van der Waals surface area contributed by atoms with Gasteiger partial charge in [0.2, 0.25) is 0 Å². The molecule has 1 heterocycles. The summed E-state index contributed by atoms with van der Waals surface area (Å²) in [5, 5.41) is 0. The zero-order valence-electron chi connectivity index (χ0n) is 12.7. The maximum Gasteiger partial charge on any atom is 0.0590 e. The number of nitrogens with zero attached hydrogens (tertiary/aromatic N) is 1. The van der Waals surface area contributed by atoms with Crippen LogP contribution in [0.4, 0.5) is 5.69 Å². The summed E-state index contributed by atoms with van der Waals surface area (Å²) in [5.41, 5.74) is 7.63. The van der Waals surface area contributed by atoms with Gasteiger partial charge in [-0.3, -0.25) is 0 Å². The summed E-state index contributed by atoms with van der Waals surface area (Å²) in [6.45, 7) is 11.0. The Bertz CT molecular complexity index is 684. The van der Waals surface area contributed by atoms with Gasteiger partial charge in [0.05, 0.1) is 5.41 Å². The summed E-state index contributed by atoms with van der Waals surface area (Å²) in [7, 11) is 2.12. The van der Waals surface area contributed by atoms with Gasteiger partial charge in [-0.25, -0.2) is 0 Å². The first-order chi connectivity index (χ1) is 9.46. The van der Waals surface area contributed by atoms with Crippen LogP contribution in [0.15, 0.2) is 54.7 Å². The number of aryl methyl sites for hydroxylation is 2. The van der Waals surface area contributed by atoms with E-state index in [0.717, 1.165) is 5.70 Å². The summed E-state index contributed by atoms with van der Waals surface area (Å²) in [6, 6.07) is 15.3. The van der Waals surface area contributed by atoms with E-state index in [0.29, 0.717) is 0 Å². The van der Waals surface area contributed by atoms with Crippen LogP contribution < -0.4 is 4.90 Å². The molecule has 0 fully saturated rings. The summed E-state index contributed by atoms with van der Waals surface area (Å²) in [4.78, 5) is 2.23. The van der Waals surface area contributed by atoms with Crippen LogP contribution in [0.25, 0.3) is 0 Å². The minimum atomic E-state index is -0.135. The Balaban J connectivity index is 2.30. The van der Waals surface area contributed by atoms with Crippen LogP contribution in [0.3, 0.4) is 0 Å². The number of allylic oxidation sites excluding steroid dienone is 1. The second kappa shape index (κ2) is 4.24. The largest absolute Gasteiger partial charge is 0.347 e. The van der Waals surface area contributed by atoms with Crippen LogP contribution in [0.2, 0.25) is 0 Å². The molecular formula is C19H21N. The molecule has 0 N–H and O–H groups in total. The number of hydrogen-bond acceptors (Lipinski definition) is 1. The Morgan fingerprint density at radius 2 is 1.60 bits per heavy atom. The zero-order valence-corrected chi connectivity index (χ0v) is 12.7. The molecule has 0 bridgehead atoms. The third-order valence-electron chi connectivity index (χ3n) is 4.85. The minimum Gasteiger partial charge on any atom is -0.347 e. The normalized spacial score (nSPS) is 21.2. The molecule has 1 nitrogen and oxygen atoms in total. The van der Waals surface area contributed by atoms with E-state index in [-0.39, 0.29) is 5.41 Å². The zero-order chi connectivity index (χ0) is 14.5. The molecule has 1 unspecified atom stereocenters. The minimum absolute atomic E-state index is 0.135. The van der Waals surface area contributed by atoms with Crippen molar-refractivity contribution in [1.29, 1.82) is 0 Å². The molecule has 0 spiro atoms. The number of rotatable bonds is 1. The molecule has 0 amide bonds. The SMILES string of the molecule is C=C1N(C)c2cc(C)c(C)cc2C1(C)c1ccccc1. The predicted octanol–water partition coefficient (Wildman–Crippen LogP) is 4.57. The standard InChI is InChI=1S/C19H21N/c1-13-11-17-18(12-14(13)2)20(5)15(3)19(17,4)16-9-7-6-8-10-16/h6-12H,3H2,1-2,4-5H3. The molecule has 1 aliphatic heterocycles. The third-order valence-corrected chi connectivity index (χ3v) is 4.85. The lowest BCUT2D eigenvalue weighted by molar-refractivity contribution is 0.693. The fourth-order valence-electron chi connectivity index (χ4n) is 3.21. The smallest absolute Gasteiger partial charge is 0.0590 e. The van der Waals surface area contributed by atoms with Crippen LogP contribution >= 0.6 is 0 Å². The van der Waals surface area contributed by atoms with Gasteiger partial charge in [-0.1, -0.05) is 43.0 Å². The van der Waals surface area contributed by atoms with Crippen molar-refractivity contribution < 1.29 is 0 Å². The number of fused-ring (bicyclic) bond motifs is 1. The molecule has 1 aliphatic rings. The molecule has 0 aromatic heterocycles. The van der Waals surface area contributed by atoms with Gasteiger partial charge in [0.15, 0.2) is 0 Å². The van der Waals surface area contributed by atoms with Crippen molar-refractivity contribution >= 4 is 5.69 Å². The molecular weight excluding hydrogens is 242 g/mol. The van der Waals surface area contributed by atoms with Gasteiger partial charge in [-0.2, -0.15) is 0 Å². The third kappa shape index (κ3) is 1.56. The second-order valence-electron chi connectivity index (χ2n) is 5.95. The Labute approximate surface area is 121 Å². The first kappa shape index (κ1) is 13.0. The lowest BCUT2D eigenvalue weighted by Crippen LogP contribution is -2.26. The molecule has 2 aromatic carbocycles. The first-order valence-electron chi connectivity index (χ1n) is 7.06. The highest BCUT2D eigenvalue weighted by molar-refractivity contribution is 5.74. The lowest BCUT2D eigenvalue weighted by atomic mass is 9.75. The molecule has 0 saturated heterocycles. The number of likely N-dealkylation sites (N-methyl/N-ethyl adjacent to an activating group) is 1. The average molecular weight is 263 g/mol. The van der Waals surface area contributed by atoms with Crippen LogP contribution in [0.1, 0.15) is 29.2 Å². The molecule has 20 heavy (non-hydrogen) atoms. The van der Waals surface area contributed by atoms with Crippen molar-refractivity contribution in [3.63, 3.8) is 0 Å². The van der Waals surface area contributed by atoms with E-state index < -0.39 is 0 Å². The Hall–Kier alpha value is -2.02. The van der Waals surface area contributed by atoms with Gasteiger partial charge >= 0.3 is 0 Å². The fourth-order valence-corrected chi connectivity index (χ4v) is 3.21. The van der Waals surface area contributed by atoms with E-state index in [9.17, 15) is 0 Å². The van der Waals surface area contributed by atoms with Crippen molar-refractivity contribution in [1.82, 2.24) is 0 Å². The van der Waals surface area contributed by atoms with Crippen molar-refractivity contribution in [2.75, 3.05) is 11.9 Å². The maximum atomic E-state index is 4.36. The highest BCUT2D eigenvalue weighted by Crippen LogP contribution is 2.50. The van der Waals surface area contributed by atoms with Crippen LogP contribution in [0, 0.1) is 13.8 Å². The highest BCUT2D eigenvalue weighted by Gasteiger charge is 2.42. The molecule has 2 aromatic rings. The summed E-state index contributed by atoms with van der Waals surface area (Å²) in [6.07, 6.45) is 0. The van der Waals surface area contributed by atoms with Gasteiger partial charge in [-0.15, -0.1) is 0 Å². The van der Waals surface area contributed by atoms with Crippen molar-refractivity contribution in [2.45, 2.75) is 26.2 Å². The maximum absolute atomic E-state index is 4.36. The highest BCUT2D eigenvalue weighted by atomic mass is 15.2. The topological polar surface area (TPSA) is 3.24 Å². The van der Waals surface area contributed by atoms with Crippen LogP contribution in [-0.4, -0.2) is 7.05 Å². The van der Waals surface area contributed by atoms with Gasteiger partial charge in [-0.05, 0) is 49.1 Å². The molecule has 0 saturated carbocycles. The summed E-state index contributed by atoms with van der Waals surface area (Å²) in [5.74, 6) is 0. The predicted molar refractivity (Wildman–Crippen MR) is 86.4 cm³/mol. The van der Waals surface area contributed by atoms with Gasteiger partial charge in [0.25, 0.3) is 0 Å². The van der Waals surface area contributed by atoms with Gasteiger partial charge < -0.3 is 4.90 Å². The first-order valence-corrected chi connectivity index (χ1v) is 7.06. The monoisotopic (exact) mass is 263 g/mol. The van der Waals surface area contributed by atoms with E-state index in [1.165, 1.54) is 27.9 Å². The van der Waals surface area contributed by atoms with E-state index in [1.54, 1.807) is 0 Å². The molecule has 0 aliphatic carbocycles. The molecule has 1 heteroatoms. The van der Waals surface area contributed by atoms with Crippen LogP contribution in [0.5, 0.6) is 0 Å². The van der Waals surface area contributed by atoms with Gasteiger partial charge in [0.1, 0.15) is 0 Å². The number of benzene rings is 2. The molecule has 3 rings (SSSR count). The van der Waals surface area contributed by atoms with E-state index in [1.807, 2.05) is 0 Å². The Kier molecular flexibility index (Phi) is 2.75. The van der Waals surface area contributed by atoms with Crippen molar-refractivity contribution in [2.24, 2.45) is 0 Å². The average Bonchev–Trinajstić information content (AvgIpc) is 2.64. The number of anilines is 1. The fraction of sp³-hybridized carbons (Fsp3) is 0.263.